The van der Waals surface area contributed by atoms with Crippen molar-refractivity contribution in [2.45, 2.75) is 6.23 Å². The number of methoxy groups -OCH3 is 2. The van der Waals surface area contributed by atoms with Gasteiger partial charge in [0.2, 0.25) is 0 Å². The molecule has 3 rings (SSSR count). The number of fused-ring (bicyclic) bond motifs is 1. The highest BCUT2D eigenvalue weighted by atomic mass is 16.6. The summed E-state index contributed by atoms with van der Waals surface area (Å²) in [7, 11) is 3.07. The molecule has 0 N–H and O–H groups in total. The lowest BCUT2D eigenvalue weighted by Crippen LogP contribution is -2.39. The van der Waals surface area contributed by atoms with Crippen molar-refractivity contribution in [2.75, 3.05) is 40.5 Å². The first-order valence-corrected chi connectivity index (χ1v) is 6.54. The minimum atomic E-state index is -0.368. The summed E-state index contributed by atoms with van der Waals surface area (Å²) in [6.45, 7) is 2.78. The van der Waals surface area contributed by atoms with Gasteiger partial charge in [-0.3, -0.25) is 4.90 Å². The molecular weight excluding hydrogens is 262 g/mol. The standard InChI is InChI=1S/C14H17NO5/c1-17-10-4-3-9-11(12(10)18-2)14(16)20-13(9)15-5-7-19-8-6-15/h3-4,13H,5-8H2,1-2H3/t13-/m0/s1. The van der Waals surface area contributed by atoms with Crippen LogP contribution in [0.1, 0.15) is 22.1 Å². The van der Waals surface area contributed by atoms with Gasteiger partial charge in [-0.25, -0.2) is 4.79 Å². The van der Waals surface area contributed by atoms with Gasteiger partial charge in [-0.1, -0.05) is 0 Å². The summed E-state index contributed by atoms with van der Waals surface area (Å²) in [5.41, 5.74) is 1.29. The van der Waals surface area contributed by atoms with Gasteiger partial charge in [0.25, 0.3) is 0 Å². The molecule has 6 nitrogen and oxygen atoms in total. The number of carbonyl (C=O) groups is 1. The molecule has 0 spiro atoms. The number of carbonyl (C=O) groups excluding carboxylic acids is 1. The zero-order valence-electron chi connectivity index (χ0n) is 11.5. The van der Waals surface area contributed by atoms with Crippen LogP contribution in [0.3, 0.4) is 0 Å². The van der Waals surface area contributed by atoms with Crippen molar-refractivity contribution in [3.8, 4) is 11.5 Å². The Labute approximate surface area is 117 Å². The topological polar surface area (TPSA) is 57.2 Å². The Kier molecular flexibility index (Phi) is 3.50. The number of hydrogen-bond donors (Lipinski definition) is 0. The summed E-state index contributed by atoms with van der Waals surface area (Å²) in [5.74, 6) is 0.601. The molecule has 0 radical (unpaired) electrons. The average Bonchev–Trinajstić information content (AvgIpc) is 2.84. The third kappa shape index (κ3) is 2.01. The van der Waals surface area contributed by atoms with Crippen LogP contribution in [0, 0.1) is 0 Å². The second-order valence-corrected chi connectivity index (χ2v) is 4.67. The Morgan fingerprint density at radius 2 is 1.95 bits per heavy atom. The summed E-state index contributed by atoms with van der Waals surface area (Å²) in [4.78, 5) is 14.2. The SMILES string of the molecule is COc1ccc2c(c1OC)C(=O)O[C@@H]2N1CCOCC1. The van der Waals surface area contributed by atoms with Gasteiger partial charge < -0.3 is 18.9 Å². The van der Waals surface area contributed by atoms with E-state index in [4.69, 9.17) is 18.9 Å². The van der Waals surface area contributed by atoms with Gasteiger partial charge in [-0.15, -0.1) is 0 Å². The van der Waals surface area contributed by atoms with Crippen molar-refractivity contribution in [1.82, 2.24) is 4.90 Å². The molecule has 1 atom stereocenters. The van der Waals surface area contributed by atoms with Crippen molar-refractivity contribution in [3.05, 3.63) is 23.3 Å². The lowest BCUT2D eigenvalue weighted by atomic mass is 10.1. The maximum atomic E-state index is 12.2. The number of ether oxygens (including phenoxy) is 4. The molecule has 1 saturated heterocycles. The molecule has 2 aliphatic heterocycles. The van der Waals surface area contributed by atoms with Crippen LogP contribution in [0.15, 0.2) is 12.1 Å². The average molecular weight is 279 g/mol. The van der Waals surface area contributed by atoms with Gasteiger partial charge in [0.15, 0.2) is 17.7 Å². The zero-order valence-corrected chi connectivity index (χ0v) is 11.5. The lowest BCUT2D eigenvalue weighted by Gasteiger charge is -2.31. The van der Waals surface area contributed by atoms with Gasteiger partial charge in [0, 0.05) is 18.7 Å². The molecule has 0 unspecified atom stereocenters. The normalized spacial score (nSPS) is 22.3. The summed E-state index contributed by atoms with van der Waals surface area (Å²) in [6, 6.07) is 3.66. The summed E-state index contributed by atoms with van der Waals surface area (Å²) < 4.78 is 21.4. The molecule has 0 amide bonds. The summed E-state index contributed by atoms with van der Waals surface area (Å²) >= 11 is 0. The molecule has 2 heterocycles. The van der Waals surface area contributed by atoms with E-state index in [1.807, 2.05) is 6.07 Å². The fourth-order valence-electron chi connectivity index (χ4n) is 2.67. The van der Waals surface area contributed by atoms with E-state index in [-0.39, 0.29) is 12.2 Å². The second-order valence-electron chi connectivity index (χ2n) is 4.67. The monoisotopic (exact) mass is 279 g/mol. The van der Waals surface area contributed by atoms with E-state index in [9.17, 15) is 4.79 Å². The Morgan fingerprint density at radius 1 is 1.20 bits per heavy atom. The van der Waals surface area contributed by atoms with Crippen LogP contribution in [0.4, 0.5) is 0 Å². The quantitative estimate of drug-likeness (QED) is 0.775. The van der Waals surface area contributed by atoms with Crippen molar-refractivity contribution in [3.63, 3.8) is 0 Å². The van der Waals surface area contributed by atoms with E-state index in [0.717, 1.165) is 18.7 Å². The van der Waals surface area contributed by atoms with Crippen LogP contribution < -0.4 is 9.47 Å². The molecule has 0 aliphatic carbocycles. The summed E-state index contributed by atoms with van der Waals surface area (Å²) in [5, 5.41) is 0. The third-order valence-electron chi connectivity index (χ3n) is 3.64. The van der Waals surface area contributed by atoms with Gasteiger partial charge >= 0.3 is 5.97 Å². The number of esters is 1. The second kappa shape index (κ2) is 5.30. The smallest absolute Gasteiger partial charge is 0.344 e. The molecule has 108 valence electrons. The number of cyclic esters (lactones) is 1. The zero-order chi connectivity index (χ0) is 14.1. The predicted octanol–water partition coefficient (Wildman–Crippen LogP) is 1.20. The minimum Gasteiger partial charge on any atom is -0.493 e. The molecule has 2 aliphatic rings. The van der Waals surface area contributed by atoms with E-state index in [1.165, 1.54) is 7.11 Å². The maximum absolute atomic E-state index is 12.2. The van der Waals surface area contributed by atoms with E-state index in [2.05, 4.69) is 4.90 Å². The Balaban J connectivity index is 2.00. The van der Waals surface area contributed by atoms with Crippen LogP contribution >= 0.6 is 0 Å². The highest BCUT2D eigenvalue weighted by molar-refractivity contribution is 5.98. The number of nitrogens with zero attached hydrogens (tertiary/aromatic N) is 1. The van der Waals surface area contributed by atoms with Crippen molar-refractivity contribution in [2.24, 2.45) is 0 Å². The molecule has 6 heteroatoms. The fraction of sp³-hybridized carbons (Fsp3) is 0.500. The molecule has 1 fully saturated rings. The molecule has 0 saturated carbocycles. The van der Waals surface area contributed by atoms with Crippen LogP contribution in [0.25, 0.3) is 0 Å². The predicted molar refractivity (Wildman–Crippen MR) is 70.1 cm³/mol. The van der Waals surface area contributed by atoms with Gasteiger partial charge in [-0.05, 0) is 12.1 Å². The van der Waals surface area contributed by atoms with Crippen LogP contribution in [-0.2, 0) is 9.47 Å². The number of hydrogen-bond acceptors (Lipinski definition) is 6. The molecular formula is C14H17NO5. The fourth-order valence-corrected chi connectivity index (χ4v) is 2.67. The van der Waals surface area contributed by atoms with Gasteiger partial charge in [0.05, 0.1) is 27.4 Å². The Bertz CT molecular complexity index is 525. The van der Waals surface area contributed by atoms with Crippen molar-refractivity contribution < 1.29 is 23.7 Å². The van der Waals surface area contributed by atoms with E-state index < -0.39 is 0 Å². The van der Waals surface area contributed by atoms with E-state index in [1.54, 1.807) is 13.2 Å². The van der Waals surface area contributed by atoms with E-state index in [0.29, 0.717) is 30.3 Å². The first-order chi connectivity index (χ1) is 9.76. The highest BCUT2D eigenvalue weighted by Gasteiger charge is 2.39. The maximum Gasteiger partial charge on any atom is 0.344 e. The lowest BCUT2D eigenvalue weighted by molar-refractivity contribution is -0.0658. The number of rotatable bonds is 3. The van der Waals surface area contributed by atoms with Gasteiger partial charge in [-0.2, -0.15) is 0 Å². The van der Waals surface area contributed by atoms with E-state index >= 15 is 0 Å². The molecule has 20 heavy (non-hydrogen) atoms. The van der Waals surface area contributed by atoms with Crippen molar-refractivity contribution >= 4 is 5.97 Å². The number of benzene rings is 1. The highest BCUT2D eigenvalue weighted by Crippen LogP contribution is 2.43. The van der Waals surface area contributed by atoms with Crippen LogP contribution in [-0.4, -0.2) is 51.4 Å². The van der Waals surface area contributed by atoms with Crippen molar-refractivity contribution in [1.29, 1.82) is 0 Å². The summed E-state index contributed by atoms with van der Waals surface area (Å²) in [6.07, 6.45) is -0.360. The Hall–Kier alpha value is -1.79. The molecule has 1 aromatic rings. The molecule has 1 aromatic carbocycles. The number of morpholine rings is 1. The first kappa shape index (κ1) is 13.2. The Morgan fingerprint density at radius 3 is 2.60 bits per heavy atom. The molecule has 0 bridgehead atoms. The van der Waals surface area contributed by atoms with Crippen LogP contribution in [0.2, 0.25) is 0 Å². The first-order valence-electron chi connectivity index (χ1n) is 6.54. The van der Waals surface area contributed by atoms with Gasteiger partial charge in [0.1, 0.15) is 5.56 Å². The third-order valence-corrected chi connectivity index (χ3v) is 3.64. The molecule has 0 aromatic heterocycles. The minimum absolute atomic E-state index is 0.360. The largest absolute Gasteiger partial charge is 0.493 e. The van der Waals surface area contributed by atoms with Crippen LogP contribution in [0.5, 0.6) is 11.5 Å².